The van der Waals surface area contributed by atoms with Gasteiger partial charge in [-0.25, -0.2) is 0 Å². The first-order chi connectivity index (χ1) is 7.47. The molecule has 0 aliphatic carbocycles. The first kappa shape index (κ1) is 15.8. The van der Waals surface area contributed by atoms with Gasteiger partial charge < -0.3 is 10.1 Å². The van der Waals surface area contributed by atoms with Crippen LogP contribution >= 0.6 is 12.4 Å². The van der Waals surface area contributed by atoms with Gasteiger partial charge in [0.25, 0.3) is 0 Å². The van der Waals surface area contributed by atoms with E-state index in [0.29, 0.717) is 13.0 Å². The summed E-state index contributed by atoms with van der Waals surface area (Å²) in [6.45, 7) is 6.21. The van der Waals surface area contributed by atoms with Crippen molar-refractivity contribution in [3.05, 3.63) is 30.3 Å². The van der Waals surface area contributed by atoms with E-state index in [2.05, 4.69) is 5.32 Å². The predicted octanol–water partition coefficient (Wildman–Crippen LogP) is 3.25. The normalized spacial score (nSPS) is 10.3. The van der Waals surface area contributed by atoms with Crippen LogP contribution in [0.2, 0.25) is 0 Å². The molecule has 4 heteroatoms. The molecule has 0 heterocycles. The number of anilines is 1. The van der Waals surface area contributed by atoms with Crippen LogP contribution in [0.1, 0.15) is 27.2 Å². The zero-order chi connectivity index (χ0) is 12.0. The van der Waals surface area contributed by atoms with E-state index in [0.717, 1.165) is 5.69 Å². The maximum Gasteiger partial charge on any atom is 0.308 e. The molecular weight excluding hydrogens is 238 g/mol. The molecule has 0 saturated heterocycles. The molecule has 1 aromatic carbocycles. The van der Waals surface area contributed by atoms with E-state index in [1.165, 1.54) is 0 Å². The Morgan fingerprint density at radius 1 is 1.24 bits per heavy atom. The molecule has 0 amide bonds. The highest BCUT2D eigenvalue weighted by Crippen LogP contribution is 2.09. The summed E-state index contributed by atoms with van der Waals surface area (Å²) >= 11 is 0. The number of benzene rings is 1. The Morgan fingerprint density at radius 2 is 1.82 bits per heavy atom. The molecule has 1 N–H and O–H groups in total. The summed E-state index contributed by atoms with van der Waals surface area (Å²) in [6.07, 6.45) is 0.381. The number of carbonyl (C=O) groups excluding carboxylic acids is 1. The van der Waals surface area contributed by atoms with Gasteiger partial charge in [-0.3, -0.25) is 4.79 Å². The van der Waals surface area contributed by atoms with Crippen LogP contribution in [0.25, 0.3) is 0 Å². The van der Waals surface area contributed by atoms with Gasteiger partial charge in [0.2, 0.25) is 0 Å². The van der Waals surface area contributed by atoms with E-state index in [1.807, 2.05) is 51.1 Å². The van der Waals surface area contributed by atoms with E-state index in [9.17, 15) is 4.79 Å². The van der Waals surface area contributed by atoms with Crippen molar-refractivity contribution in [1.29, 1.82) is 0 Å². The quantitative estimate of drug-likeness (QED) is 0.842. The number of carbonyl (C=O) groups is 1. The fraction of sp³-hybridized carbons (Fsp3) is 0.462. The van der Waals surface area contributed by atoms with Gasteiger partial charge in [-0.2, -0.15) is 0 Å². The summed E-state index contributed by atoms with van der Waals surface area (Å²) in [4.78, 5) is 11.4. The van der Waals surface area contributed by atoms with Crippen molar-refractivity contribution in [1.82, 2.24) is 0 Å². The molecule has 1 aromatic rings. The highest BCUT2D eigenvalue weighted by atomic mass is 35.5. The third kappa shape index (κ3) is 7.64. The molecule has 0 saturated carbocycles. The molecule has 3 nitrogen and oxygen atoms in total. The third-order valence-electron chi connectivity index (χ3n) is 1.85. The summed E-state index contributed by atoms with van der Waals surface area (Å²) < 4.78 is 5.20. The number of nitrogens with one attached hydrogen (secondary N) is 1. The molecule has 0 fully saturated rings. The van der Waals surface area contributed by atoms with Gasteiger partial charge in [-0.15, -0.1) is 12.4 Å². The Morgan fingerprint density at radius 3 is 2.35 bits per heavy atom. The lowest BCUT2D eigenvalue weighted by Gasteiger charge is -2.19. The van der Waals surface area contributed by atoms with Crippen LogP contribution in [0.15, 0.2) is 30.3 Å². The van der Waals surface area contributed by atoms with Gasteiger partial charge >= 0.3 is 5.97 Å². The first-order valence-electron chi connectivity index (χ1n) is 5.48. The molecule has 0 atom stereocenters. The average Bonchev–Trinajstić information content (AvgIpc) is 2.16. The van der Waals surface area contributed by atoms with Crippen LogP contribution in [0.3, 0.4) is 0 Å². The van der Waals surface area contributed by atoms with Crippen LogP contribution in [0.5, 0.6) is 0 Å². The molecule has 0 aliphatic heterocycles. The van der Waals surface area contributed by atoms with E-state index in [-0.39, 0.29) is 18.4 Å². The summed E-state index contributed by atoms with van der Waals surface area (Å²) in [5.41, 5.74) is 0.621. The van der Waals surface area contributed by atoms with Crippen LogP contribution in [0, 0.1) is 0 Å². The van der Waals surface area contributed by atoms with Gasteiger partial charge in [-0.1, -0.05) is 18.2 Å². The summed E-state index contributed by atoms with van der Waals surface area (Å²) in [5.74, 6) is -0.170. The number of hydrogen-bond acceptors (Lipinski definition) is 3. The lowest BCUT2D eigenvalue weighted by molar-refractivity contribution is -0.154. The second-order valence-corrected chi connectivity index (χ2v) is 4.63. The molecule has 0 aliphatic rings. The van der Waals surface area contributed by atoms with Gasteiger partial charge in [0, 0.05) is 12.2 Å². The second kappa shape index (κ2) is 7.17. The van der Waals surface area contributed by atoms with Crippen molar-refractivity contribution in [3.8, 4) is 0 Å². The fourth-order valence-corrected chi connectivity index (χ4v) is 1.26. The van der Waals surface area contributed by atoms with Crippen molar-refractivity contribution in [3.63, 3.8) is 0 Å². The second-order valence-electron chi connectivity index (χ2n) is 4.63. The largest absolute Gasteiger partial charge is 0.460 e. The Hall–Kier alpha value is -1.22. The van der Waals surface area contributed by atoms with Crippen LogP contribution in [-0.2, 0) is 9.53 Å². The minimum absolute atomic E-state index is 0. The maximum atomic E-state index is 11.4. The van der Waals surface area contributed by atoms with E-state index in [4.69, 9.17) is 4.74 Å². The SMILES string of the molecule is CC(C)(C)OC(=O)CCNc1ccccc1.Cl. The number of hydrogen-bond donors (Lipinski definition) is 1. The van der Waals surface area contributed by atoms with Crippen molar-refractivity contribution in [2.45, 2.75) is 32.8 Å². The molecule has 96 valence electrons. The minimum atomic E-state index is -0.399. The maximum absolute atomic E-state index is 11.4. The van der Waals surface area contributed by atoms with Crippen molar-refractivity contribution < 1.29 is 9.53 Å². The van der Waals surface area contributed by atoms with Crippen molar-refractivity contribution in [2.24, 2.45) is 0 Å². The van der Waals surface area contributed by atoms with Gasteiger partial charge in [0.1, 0.15) is 5.60 Å². The lowest BCUT2D eigenvalue weighted by atomic mass is 10.2. The van der Waals surface area contributed by atoms with Crippen molar-refractivity contribution in [2.75, 3.05) is 11.9 Å². The van der Waals surface area contributed by atoms with Gasteiger partial charge in [0.15, 0.2) is 0 Å². The third-order valence-corrected chi connectivity index (χ3v) is 1.85. The van der Waals surface area contributed by atoms with E-state index in [1.54, 1.807) is 0 Å². The van der Waals surface area contributed by atoms with Crippen LogP contribution < -0.4 is 5.32 Å². The molecule has 0 spiro atoms. The molecule has 0 bridgehead atoms. The highest BCUT2D eigenvalue weighted by molar-refractivity contribution is 5.85. The fourth-order valence-electron chi connectivity index (χ4n) is 1.26. The number of esters is 1. The Labute approximate surface area is 109 Å². The number of para-hydroxylation sites is 1. The smallest absolute Gasteiger partial charge is 0.308 e. The number of halogens is 1. The summed E-state index contributed by atoms with van der Waals surface area (Å²) in [6, 6.07) is 9.80. The topological polar surface area (TPSA) is 38.3 Å². The predicted molar refractivity (Wildman–Crippen MR) is 72.6 cm³/mol. The average molecular weight is 258 g/mol. The molecular formula is C13H20ClNO2. The molecule has 0 unspecified atom stereocenters. The van der Waals surface area contributed by atoms with E-state index < -0.39 is 5.60 Å². The zero-order valence-corrected chi connectivity index (χ0v) is 11.3. The van der Waals surface area contributed by atoms with Gasteiger partial charge in [-0.05, 0) is 32.9 Å². The van der Waals surface area contributed by atoms with Crippen molar-refractivity contribution >= 4 is 24.1 Å². The molecule has 0 aromatic heterocycles. The first-order valence-corrected chi connectivity index (χ1v) is 5.48. The molecule has 1 rings (SSSR count). The van der Waals surface area contributed by atoms with E-state index >= 15 is 0 Å². The summed E-state index contributed by atoms with van der Waals surface area (Å²) in [7, 11) is 0. The Bertz CT molecular complexity index is 333. The zero-order valence-electron chi connectivity index (χ0n) is 10.5. The standard InChI is InChI=1S/C13H19NO2.ClH/c1-13(2,3)16-12(15)9-10-14-11-7-5-4-6-8-11;/h4-8,14H,9-10H2,1-3H3;1H. The van der Waals surface area contributed by atoms with Crippen LogP contribution in [0.4, 0.5) is 5.69 Å². The molecule has 17 heavy (non-hydrogen) atoms. The number of rotatable bonds is 4. The Kier molecular flexibility index (Phi) is 6.66. The number of ether oxygens (including phenoxy) is 1. The monoisotopic (exact) mass is 257 g/mol. The Balaban J connectivity index is 0.00000256. The lowest BCUT2D eigenvalue weighted by Crippen LogP contribution is -2.25. The van der Waals surface area contributed by atoms with Crippen LogP contribution in [-0.4, -0.2) is 18.1 Å². The minimum Gasteiger partial charge on any atom is -0.460 e. The molecule has 0 radical (unpaired) electrons. The van der Waals surface area contributed by atoms with Gasteiger partial charge in [0.05, 0.1) is 6.42 Å². The highest BCUT2D eigenvalue weighted by Gasteiger charge is 2.15. The summed E-state index contributed by atoms with van der Waals surface area (Å²) in [5, 5.41) is 3.16.